The summed E-state index contributed by atoms with van der Waals surface area (Å²) in [7, 11) is 0. The van der Waals surface area contributed by atoms with Crippen LogP contribution in [0.1, 0.15) is 40.5 Å². The molecule has 0 aliphatic carbocycles. The molecule has 21 heavy (non-hydrogen) atoms. The van der Waals surface area contributed by atoms with Crippen LogP contribution in [0.15, 0.2) is 24.3 Å². The topological polar surface area (TPSA) is 46.3 Å². The molecule has 0 aliphatic rings. The van der Waals surface area contributed by atoms with E-state index < -0.39 is 0 Å². The van der Waals surface area contributed by atoms with E-state index in [9.17, 15) is 9.18 Å². The van der Waals surface area contributed by atoms with Gasteiger partial charge in [-0.2, -0.15) is 0 Å². The summed E-state index contributed by atoms with van der Waals surface area (Å²) in [5.74, 6) is -0.195. The highest BCUT2D eigenvalue weighted by Crippen LogP contribution is 2.30. The van der Waals surface area contributed by atoms with Gasteiger partial charge >= 0.3 is 0 Å². The highest BCUT2D eigenvalue weighted by Gasteiger charge is 2.26. The third kappa shape index (κ3) is 5.12. The monoisotopic (exact) mass is 294 g/mol. The predicted octanol–water partition coefficient (Wildman–Crippen LogP) is 3.58. The van der Waals surface area contributed by atoms with Gasteiger partial charge in [-0.05, 0) is 36.4 Å². The smallest absolute Gasteiger partial charge is 0.227 e. The lowest BCUT2D eigenvalue weighted by atomic mass is 9.80. The van der Waals surface area contributed by atoms with Crippen molar-refractivity contribution in [2.45, 2.75) is 40.5 Å². The molecule has 0 fully saturated rings. The van der Waals surface area contributed by atoms with E-state index in [2.05, 4.69) is 27.7 Å². The molecule has 0 heterocycles. The largest absolute Gasteiger partial charge is 0.330 e. The van der Waals surface area contributed by atoms with Crippen molar-refractivity contribution >= 4 is 11.6 Å². The molecule has 0 aliphatic heterocycles. The van der Waals surface area contributed by atoms with Crippen molar-refractivity contribution in [1.82, 2.24) is 0 Å². The normalized spacial score (nSPS) is 13.0. The van der Waals surface area contributed by atoms with Gasteiger partial charge in [0.2, 0.25) is 5.91 Å². The van der Waals surface area contributed by atoms with Gasteiger partial charge in [-0.1, -0.05) is 39.8 Å². The highest BCUT2D eigenvalue weighted by molar-refractivity contribution is 5.93. The zero-order chi connectivity index (χ0) is 16.0. The number of rotatable bonds is 6. The maximum Gasteiger partial charge on any atom is 0.227 e. The lowest BCUT2D eigenvalue weighted by Crippen LogP contribution is -2.36. The Hall–Kier alpha value is -1.42. The van der Waals surface area contributed by atoms with Crippen LogP contribution < -0.4 is 10.6 Å². The van der Waals surface area contributed by atoms with Gasteiger partial charge < -0.3 is 10.6 Å². The Kier molecular flexibility index (Phi) is 6.34. The summed E-state index contributed by atoms with van der Waals surface area (Å²) < 4.78 is 14.0. The number of nitrogens with two attached hydrogens (primary N) is 1. The minimum absolute atomic E-state index is 0.0454. The Morgan fingerprint density at radius 3 is 2.48 bits per heavy atom. The number of amides is 1. The molecule has 4 heteroatoms. The molecule has 1 atom stereocenters. The highest BCUT2D eigenvalue weighted by atomic mass is 19.1. The molecule has 0 aromatic heterocycles. The Morgan fingerprint density at radius 1 is 1.33 bits per heavy atom. The fourth-order valence-corrected chi connectivity index (χ4v) is 1.98. The van der Waals surface area contributed by atoms with E-state index in [1.165, 1.54) is 11.0 Å². The molecule has 1 rings (SSSR count). The van der Waals surface area contributed by atoms with Crippen molar-refractivity contribution < 1.29 is 9.18 Å². The van der Waals surface area contributed by atoms with Crippen LogP contribution in [0.2, 0.25) is 0 Å². The number of nitrogens with zero attached hydrogens (tertiary/aromatic N) is 1. The van der Waals surface area contributed by atoms with Gasteiger partial charge in [0.1, 0.15) is 5.82 Å². The van der Waals surface area contributed by atoms with Crippen LogP contribution in [0.4, 0.5) is 10.1 Å². The Morgan fingerprint density at radius 2 is 1.95 bits per heavy atom. The number of benzene rings is 1. The van der Waals surface area contributed by atoms with E-state index in [-0.39, 0.29) is 23.1 Å². The number of para-hydroxylation sites is 1. The average molecular weight is 294 g/mol. The standard InChI is InChI=1S/C17H27FN2O/c1-13(17(2,3)4)12-16(21)20(11-7-10-19)15-9-6-5-8-14(15)18/h5-6,8-9,13H,7,10-12,19H2,1-4H3. The van der Waals surface area contributed by atoms with Crippen molar-refractivity contribution in [3.8, 4) is 0 Å². The summed E-state index contributed by atoms with van der Waals surface area (Å²) in [5, 5.41) is 0. The molecular weight excluding hydrogens is 267 g/mol. The summed E-state index contributed by atoms with van der Waals surface area (Å²) in [5.41, 5.74) is 5.92. The summed E-state index contributed by atoms with van der Waals surface area (Å²) >= 11 is 0. The Bertz CT molecular complexity index is 468. The molecule has 1 unspecified atom stereocenters. The summed E-state index contributed by atoms with van der Waals surface area (Å²) in [6, 6.07) is 6.40. The number of anilines is 1. The fraction of sp³-hybridized carbons (Fsp3) is 0.588. The first-order valence-corrected chi connectivity index (χ1v) is 7.52. The molecule has 2 N–H and O–H groups in total. The molecule has 0 radical (unpaired) electrons. The number of hydrogen-bond donors (Lipinski definition) is 1. The van der Waals surface area contributed by atoms with Gasteiger partial charge in [-0.15, -0.1) is 0 Å². The first-order chi connectivity index (χ1) is 9.77. The Balaban J connectivity index is 2.93. The quantitative estimate of drug-likeness (QED) is 0.871. The van der Waals surface area contributed by atoms with Crippen LogP contribution in [0.5, 0.6) is 0 Å². The average Bonchev–Trinajstić information content (AvgIpc) is 2.40. The van der Waals surface area contributed by atoms with E-state index >= 15 is 0 Å². The summed E-state index contributed by atoms with van der Waals surface area (Å²) in [6.07, 6.45) is 1.06. The van der Waals surface area contributed by atoms with Crippen LogP contribution in [-0.2, 0) is 4.79 Å². The van der Waals surface area contributed by atoms with Gasteiger partial charge in [0.25, 0.3) is 0 Å². The number of carbonyl (C=O) groups excluding carboxylic acids is 1. The SMILES string of the molecule is CC(CC(=O)N(CCCN)c1ccccc1F)C(C)(C)C. The van der Waals surface area contributed by atoms with E-state index in [0.29, 0.717) is 31.6 Å². The second-order valence-corrected chi connectivity index (χ2v) is 6.61. The van der Waals surface area contributed by atoms with Crippen LogP contribution in [0, 0.1) is 17.2 Å². The van der Waals surface area contributed by atoms with E-state index in [1.807, 2.05) is 0 Å². The first-order valence-electron chi connectivity index (χ1n) is 7.52. The third-order valence-corrected chi connectivity index (χ3v) is 3.99. The second kappa shape index (κ2) is 7.55. The van der Waals surface area contributed by atoms with Gasteiger partial charge in [-0.3, -0.25) is 4.79 Å². The first kappa shape index (κ1) is 17.6. The van der Waals surface area contributed by atoms with Crippen molar-refractivity contribution in [3.05, 3.63) is 30.1 Å². The molecule has 1 aromatic carbocycles. The lowest BCUT2D eigenvalue weighted by molar-refractivity contribution is -0.120. The van der Waals surface area contributed by atoms with Crippen LogP contribution in [0.3, 0.4) is 0 Å². The van der Waals surface area contributed by atoms with Crippen molar-refractivity contribution in [3.63, 3.8) is 0 Å². The zero-order valence-electron chi connectivity index (χ0n) is 13.5. The summed E-state index contributed by atoms with van der Waals surface area (Å²) in [4.78, 5) is 14.1. The van der Waals surface area contributed by atoms with Gasteiger partial charge in [0.15, 0.2) is 0 Å². The van der Waals surface area contributed by atoms with Crippen LogP contribution in [0.25, 0.3) is 0 Å². The van der Waals surface area contributed by atoms with Gasteiger partial charge in [0, 0.05) is 13.0 Å². The molecule has 0 saturated heterocycles. The Labute approximate surface area is 127 Å². The third-order valence-electron chi connectivity index (χ3n) is 3.99. The molecule has 1 aromatic rings. The maximum absolute atomic E-state index is 14.0. The van der Waals surface area contributed by atoms with E-state index in [4.69, 9.17) is 5.73 Å². The molecule has 1 amide bonds. The molecule has 0 bridgehead atoms. The number of hydrogen-bond acceptors (Lipinski definition) is 2. The fourth-order valence-electron chi connectivity index (χ4n) is 1.98. The molecule has 118 valence electrons. The van der Waals surface area contributed by atoms with E-state index in [1.54, 1.807) is 18.2 Å². The van der Waals surface area contributed by atoms with Crippen molar-refractivity contribution in [2.24, 2.45) is 17.1 Å². The molecule has 3 nitrogen and oxygen atoms in total. The van der Waals surface area contributed by atoms with E-state index in [0.717, 1.165) is 0 Å². The lowest BCUT2D eigenvalue weighted by Gasteiger charge is -2.30. The van der Waals surface area contributed by atoms with Crippen molar-refractivity contribution in [2.75, 3.05) is 18.0 Å². The van der Waals surface area contributed by atoms with Crippen LogP contribution in [-0.4, -0.2) is 19.0 Å². The maximum atomic E-state index is 14.0. The predicted molar refractivity (Wildman–Crippen MR) is 85.7 cm³/mol. The zero-order valence-corrected chi connectivity index (χ0v) is 13.5. The van der Waals surface area contributed by atoms with Crippen LogP contribution >= 0.6 is 0 Å². The summed E-state index contributed by atoms with van der Waals surface area (Å²) in [6.45, 7) is 9.31. The van der Waals surface area contributed by atoms with Crippen molar-refractivity contribution in [1.29, 1.82) is 0 Å². The number of halogens is 1. The minimum Gasteiger partial charge on any atom is -0.330 e. The molecule has 0 saturated carbocycles. The van der Waals surface area contributed by atoms with Gasteiger partial charge in [0.05, 0.1) is 5.69 Å². The minimum atomic E-state index is -0.369. The molecular formula is C17H27FN2O. The molecule has 0 spiro atoms. The number of carbonyl (C=O) groups is 1. The van der Waals surface area contributed by atoms with Gasteiger partial charge in [-0.25, -0.2) is 4.39 Å². The second-order valence-electron chi connectivity index (χ2n) is 6.61.